The molecule has 0 unspecified atom stereocenters. The first-order valence-corrected chi connectivity index (χ1v) is 6.86. The molecular formula is C16H23N3. The Morgan fingerprint density at radius 1 is 1.21 bits per heavy atom. The monoisotopic (exact) mass is 257 g/mol. The molecule has 1 aromatic heterocycles. The lowest BCUT2D eigenvalue weighted by Gasteiger charge is -2.18. The van der Waals surface area contributed by atoms with E-state index in [4.69, 9.17) is 0 Å². The lowest BCUT2D eigenvalue weighted by Crippen LogP contribution is -2.21. The number of anilines is 1. The highest BCUT2D eigenvalue weighted by Gasteiger charge is 2.13. The summed E-state index contributed by atoms with van der Waals surface area (Å²) in [5.41, 5.74) is 3.82. The fourth-order valence-corrected chi connectivity index (χ4v) is 2.02. The molecule has 0 bridgehead atoms. The smallest absolute Gasteiger partial charge is 0.0543 e. The van der Waals surface area contributed by atoms with Gasteiger partial charge >= 0.3 is 0 Å². The molecule has 1 heterocycles. The maximum absolute atomic E-state index is 4.42. The Morgan fingerprint density at radius 3 is 2.58 bits per heavy atom. The van der Waals surface area contributed by atoms with Crippen LogP contribution in [0.3, 0.4) is 0 Å². The highest BCUT2D eigenvalue weighted by atomic mass is 15.3. The second-order valence-electron chi connectivity index (χ2n) is 5.83. The molecule has 0 amide bonds. The minimum absolute atomic E-state index is 0.0412. The third-order valence-electron chi connectivity index (χ3n) is 3.20. The van der Waals surface area contributed by atoms with E-state index in [0.29, 0.717) is 0 Å². The number of hydrogen-bond acceptors (Lipinski definition) is 2. The van der Waals surface area contributed by atoms with Crippen LogP contribution in [0.5, 0.6) is 0 Å². The average molecular weight is 257 g/mol. The molecular weight excluding hydrogens is 234 g/mol. The topological polar surface area (TPSA) is 29.9 Å². The van der Waals surface area contributed by atoms with Crippen LogP contribution in [-0.2, 0) is 18.5 Å². The van der Waals surface area contributed by atoms with Crippen molar-refractivity contribution in [3.63, 3.8) is 0 Å². The van der Waals surface area contributed by atoms with Crippen molar-refractivity contribution in [2.24, 2.45) is 0 Å². The molecule has 0 atom stereocenters. The van der Waals surface area contributed by atoms with Crippen molar-refractivity contribution in [1.82, 2.24) is 9.78 Å². The van der Waals surface area contributed by atoms with Crippen LogP contribution in [0.15, 0.2) is 36.7 Å². The van der Waals surface area contributed by atoms with E-state index >= 15 is 0 Å². The van der Waals surface area contributed by atoms with Crippen LogP contribution >= 0.6 is 0 Å². The Kier molecular flexibility index (Phi) is 3.93. The molecule has 0 saturated carbocycles. The van der Waals surface area contributed by atoms with Gasteiger partial charge in [0.1, 0.15) is 0 Å². The summed E-state index contributed by atoms with van der Waals surface area (Å²) in [7, 11) is 0. The quantitative estimate of drug-likeness (QED) is 0.902. The van der Waals surface area contributed by atoms with E-state index in [1.165, 1.54) is 16.8 Å². The molecule has 1 N–H and O–H groups in total. The lowest BCUT2D eigenvalue weighted by atomic mass is 10.1. The van der Waals surface area contributed by atoms with Crippen LogP contribution in [0, 0.1) is 0 Å². The SMILES string of the molecule is CCc1ccccc1NCc1cnn(C(C)(C)C)c1. The number of aromatic nitrogens is 2. The lowest BCUT2D eigenvalue weighted by molar-refractivity contribution is 0.355. The van der Waals surface area contributed by atoms with E-state index in [2.05, 4.69) is 68.6 Å². The van der Waals surface area contributed by atoms with Gasteiger partial charge in [-0.15, -0.1) is 0 Å². The van der Waals surface area contributed by atoms with Gasteiger partial charge in [0.2, 0.25) is 0 Å². The molecule has 0 aliphatic heterocycles. The Morgan fingerprint density at radius 2 is 1.95 bits per heavy atom. The van der Waals surface area contributed by atoms with E-state index in [1.54, 1.807) is 0 Å². The highest BCUT2D eigenvalue weighted by Crippen LogP contribution is 2.17. The summed E-state index contributed by atoms with van der Waals surface area (Å²) in [5, 5.41) is 7.91. The van der Waals surface area contributed by atoms with Crippen molar-refractivity contribution < 1.29 is 0 Å². The van der Waals surface area contributed by atoms with Gasteiger partial charge in [-0.3, -0.25) is 4.68 Å². The maximum atomic E-state index is 4.42. The van der Waals surface area contributed by atoms with Crippen molar-refractivity contribution in [2.45, 2.75) is 46.2 Å². The molecule has 102 valence electrons. The summed E-state index contributed by atoms with van der Waals surface area (Å²) in [6, 6.07) is 8.45. The number of nitrogens with one attached hydrogen (secondary N) is 1. The molecule has 0 spiro atoms. The minimum Gasteiger partial charge on any atom is -0.381 e. The summed E-state index contributed by atoms with van der Waals surface area (Å²) in [4.78, 5) is 0. The normalized spacial score (nSPS) is 11.6. The van der Waals surface area contributed by atoms with Crippen molar-refractivity contribution in [3.8, 4) is 0 Å². The zero-order chi connectivity index (χ0) is 13.9. The summed E-state index contributed by atoms with van der Waals surface area (Å²) in [6.45, 7) is 9.46. The van der Waals surface area contributed by atoms with Gasteiger partial charge in [-0.2, -0.15) is 5.10 Å². The van der Waals surface area contributed by atoms with Crippen molar-refractivity contribution in [2.75, 3.05) is 5.32 Å². The van der Waals surface area contributed by atoms with Crippen LogP contribution in [-0.4, -0.2) is 9.78 Å². The van der Waals surface area contributed by atoms with Gasteiger partial charge in [0.15, 0.2) is 0 Å². The van der Waals surface area contributed by atoms with E-state index in [1.807, 2.05) is 10.9 Å². The third kappa shape index (κ3) is 3.37. The van der Waals surface area contributed by atoms with Crippen LogP contribution < -0.4 is 5.32 Å². The maximum Gasteiger partial charge on any atom is 0.0543 e. The molecule has 0 saturated heterocycles. The van der Waals surface area contributed by atoms with Crippen molar-refractivity contribution >= 4 is 5.69 Å². The van der Waals surface area contributed by atoms with E-state index < -0.39 is 0 Å². The summed E-state index contributed by atoms with van der Waals surface area (Å²) in [5.74, 6) is 0. The Hall–Kier alpha value is -1.77. The van der Waals surface area contributed by atoms with Crippen LogP contribution in [0.2, 0.25) is 0 Å². The zero-order valence-corrected chi connectivity index (χ0v) is 12.3. The van der Waals surface area contributed by atoms with Gasteiger partial charge in [0, 0.05) is 24.0 Å². The highest BCUT2D eigenvalue weighted by molar-refractivity contribution is 5.51. The van der Waals surface area contributed by atoms with E-state index in [0.717, 1.165) is 13.0 Å². The van der Waals surface area contributed by atoms with Crippen LogP contribution in [0.1, 0.15) is 38.8 Å². The van der Waals surface area contributed by atoms with Crippen LogP contribution in [0.4, 0.5) is 5.69 Å². The first-order chi connectivity index (χ1) is 9.00. The molecule has 19 heavy (non-hydrogen) atoms. The number of rotatable bonds is 4. The van der Waals surface area contributed by atoms with Gasteiger partial charge in [0.25, 0.3) is 0 Å². The molecule has 2 rings (SSSR count). The molecule has 0 aliphatic carbocycles. The minimum atomic E-state index is 0.0412. The standard InChI is InChI=1S/C16H23N3/c1-5-14-8-6-7-9-15(14)17-10-13-11-18-19(12-13)16(2,3)4/h6-9,11-12,17H,5,10H2,1-4H3. The molecule has 0 aliphatic rings. The Bertz CT molecular complexity index is 535. The summed E-state index contributed by atoms with van der Waals surface area (Å²) in [6.07, 6.45) is 5.10. The fraction of sp³-hybridized carbons (Fsp3) is 0.438. The number of nitrogens with zero attached hydrogens (tertiary/aromatic N) is 2. The van der Waals surface area contributed by atoms with Gasteiger partial charge in [-0.05, 0) is 38.8 Å². The zero-order valence-electron chi connectivity index (χ0n) is 12.3. The predicted molar refractivity (Wildman–Crippen MR) is 80.4 cm³/mol. The van der Waals surface area contributed by atoms with E-state index in [-0.39, 0.29) is 5.54 Å². The van der Waals surface area contributed by atoms with Gasteiger partial charge < -0.3 is 5.32 Å². The summed E-state index contributed by atoms with van der Waals surface area (Å²) < 4.78 is 2.01. The van der Waals surface area contributed by atoms with Crippen molar-refractivity contribution in [1.29, 1.82) is 0 Å². The van der Waals surface area contributed by atoms with Gasteiger partial charge in [-0.1, -0.05) is 25.1 Å². The van der Waals surface area contributed by atoms with Gasteiger partial charge in [0.05, 0.1) is 11.7 Å². The molecule has 0 radical (unpaired) electrons. The molecule has 3 heteroatoms. The van der Waals surface area contributed by atoms with Gasteiger partial charge in [-0.25, -0.2) is 0 Å². The van der Waals surface area contributed by atoms with Crippen LogP contribution in [0.25, 0.3) is 0 Å². The average Bonchev–Trinajstić information content (AvgIpc) is 2.85. The summed E-state index contributed by atoms with van der Waals surface area (Å²) >= 11 is 0. The Labute approximate surface area is 115 Å². The first kappa shape index (κ1) is 13.7. The predicted octanol–water partition coefficient (Wildman–Crippen LogP) is 3.81. The molecule has 1 aromatic carbocycles. The number of hydrogen-bond donors (Lipinski definition) is 1. The second-order valence-corrected chi connectivity index (χ2v) is 5.83. The second kappa shape index (κ2) is 5.47. The molecule has 2 aromatic rings. The number of aryl methyl sites for hydroxylation is 1. The van der Waals surface area contributed by atoms with Crippen molar-refractivity contribution in [3.05, 3.63) is 47.8 Å². The fourth-order valence-electron chi connectivity index (χ4n) is 2.02. The first-order valence-electron chi connectivity index (χ1n) is 6.86. The Balaban J connectivity index is 2.05. The third-order valence-corrected chi connectivity index (χ3v) is 3.20. The molecule has 0 fully saturated rings. The van der Waals surface area contributed by atoms with E-state index in [9.17, 15) is 0 Å². The largest absolute Gasteiger partial charge is 0.381 e. The number of para-hydroxylation sites is 1. The molecule has 3 nitrogen and oxygen atoms in total. The number of benzene rings is 1.